The van der Waals surface area contributed by atoms with Gasteiger partial charge in [-0.1, -0.05) is 24.3 Å². The lowest BCUT2D eigenvalue weighted by Crippen LogP contribution is -2.24. The number of aliphatic hydroxyl groups excluding tert-OH is 1. The van der Waals surface area contributed by atoms with E-state index >= 15 is 0 Å². The fourth-order valence-corrected chi connectivity index (χ4v) is 2.45. The summed E-state index contributed by atoms with van der Waals surface area (Å²) < 4.78 is 5.99. The van der Waals surface area contributed by atoms with E-state index in [1.165, 1.54) is 5.56 Å². The van der Waals surface area contributed by atoms with Crippen LogP contribution in [0.3, 0.4) is 0 Å². The van der Waals surface area contributed by atoms with Crippen LogP contribution in [0.4, 0.5) is 0 Å². The summed E-state index contributed by atoms with van der Waals surface area (Å²) in [5.41, 5.74) is 7.82. The standard InChI is InChI=1S/C19H20N2O2/c20-15(13-22)8-5-14-6-9-16(10-7-14)23-19-11-12-21-18-4-2-1-3-17(18)19/h1-4,6-7,9-12,15,22H,5,8,13,20H2/t15-/m0/s1. The van der Waals surface area contributed by atoms with Crippen molar-refractivity contribution in [1.82, 2.24) is 4.98 Å². The third-order valence-corrected chi connectivity index (χ3v) is 3.80. The van der Waals surface area contributed by atoms with E-state index in [0.29, 0.717) is 0 Å². The molecule has 3 aromatic rings. The molecule has 3 N–H and O–H groups in total. The molecule has 1 aromatic heterocycles. The van der Waals surface area contributed by atoms with Crippen molar-refractivity contribution in [3.05, 3.63) is 66.4 Å². The topological polar surface area (TPSA) is 68.4 Å². The van der Waals surface area contributed by atoms with Crippen molar-refractivity contribution in [3.8, 4) is 11.5 Å². The van der Waals surface area contributed by atoms with Gasteiger partial charge in [0.2, 0.25) is 0 Å². The lowest BCUT2D eigenvalue weighted by Gasteiger charge is -2.10. The Balaban J connectivity index is 1.72. The number of nitrogens with two attached hydrogens (primary N) is 1. The molecule has 0 fully saturated rings. The maximum Gasteiger partial charge on any atom is 0.138 e. The molecule has 0 aliphatic carbocycles. The highest BCUT2D eigenvalue weighted by Crippen LogP contribution is 2.28. The van der Waals surface area contributed by atoms with Crippen LogP contribution in [-0.2, 0) is 6.42 Å². The number of aryl methyl sites for hydroxylation is 1. The molecule has 4 nitrogen and oxygen atoms in total. The van der Waals surface area contributed by atoms with Gasteiger partial charge in [-0.2, -0.15) is 0 Å². The number of para-hydroxylation sites is 1. The summed E-state index contributed by atoms with van der Waals surface area (Å²) in [4.78, 5) is 4.33. The fourth-order valence-electron chi connectivity index (χ4n) is 2.45. The Hall–Kier alpha value is -2.43. The van der Waals surface area contributed by atoms with Crippen molar-refractivity contribution in [2.75, 3.05) is 6.61 Å². The van der Waals surface area contributed by atoms with E-state index < -0.39 is 0 Å². The number of ether oxygens (including phenoxy) is 1. The van der Waals surface area contributed by atoms with E-state index in [0.717, 1.165) is 35.2 Å². The molecule has 1 atom stereocenters. The van der Waals surface area contributed by atoms with Crippen molar-refractivity contribution < 1.29 is 9.84 Å². The van der Waals surface area contributed by atoms with Gasteiger partial charge in [0.05, 0.1) is 12.1 Å². The van der Waals surface area contributed by atoms with Gasteiger partial charge in [-0.3, -0.25) is 4.98 Å². The molecule has 0 saturated heterocycles. The zero-order chi connectivity index (χ0) is 16.1. The van der Waals surface area contributed by atoms with E-state index in [1.54, 1.807) is 6.20 Å². The van der Waals surface area contributed by atoms with Gasteiger partial charge in [0.1, 0.15) is 11.5 Å². The molecular weight excluding hydrogens is 288 g/mol. The van der Waals surface area contributed by atoms with Crippen LogP contribution in [0.5, 0.6) is 11.5 Å². The minimum atomic E-state index is -0.158. The van der Waals surface area contributed by atoms with Gasteiger partial charge >= 0.3 is 0 Å². The number of benzene rings is 2. The van der Waals surface area contributed by atoms with E-state index in [-0.39, 0.29) is 12.6 Å². The fraction of sp³-hybridized carbons (Fsp3) is 0.211. The van der Waals surface area contributed by atoms with Crippen LogP contribution in [0.1, 0.15) is 12.0 Å². The first-order valence-electron chi connectivity index (χ1n) is 7.73. The molecule has 0 radical (unpaired) electrons. The molecule has 0 amide bonds. The van der Waals surface area contributed by atoms with Crippen LogP contribution in [-0.4, -0.2) is 22.7 Å². The van der Waals surface area contributed by atoms with Crippen molar-refractivity contribution >= 4 is 10.9 Å². The molecule has 4 heteroatoms. The van der Waals surface area contributed by atoms with Gasteiger partial charge in [-0.05, 0) is 48.7 Å². The highest BCUT2D eigenvalue weighted by Gasteiger charge is 2.05. The average Bonchev–Trinajstić information content (AvgIpc) is 2.61. The van der Waals surface area contributed by atoms with Crippen LogP contribution in [0.2, 0.25) is 0 Å². The Kier molecular flexibility index (Phi) is 4.86. The zero-order valence-corrected chi connectivity index (χ0v) is 12.9. The summed E-state index contributed by atoms with van der Waals surface area (Å²) in [5, 5.41) is 9.95. The van der Waals surface area contributed by atoms with E-state index in [1.807, 2.05) is 54.6 Å². The number of aromatic nitrogens is 1. The second-order valence-corrected chi connectivity index (χ2v) is 5.55. The SMILES string of the molecule is N[C@H](CO)CCc1ccc(Oc2ccnc3ccccc23)cc1. The normalized spacial score (nSPS) is 12.3. The zero-order valence-electron chi connectivity index (χ0n) is 12.9. The molecule has 2 aromatic carbocycles. The summed E-state index contributed by atoms with van der Waals surface area (Å²) in [6.07, 6.45) is 3.37. The van der Waals surface area contributed by atoms with Crippen LogP contribution < -0.4 is 10.5 Å². The third-order valence-electron chi connectivity index (χ3n) is 3.80. The number of hydrogen-bond donors (Lipinski definition) is 2. The quantitative estimate of drug-likeness (QED) is 0.733. The second kappa shape index (κ2) is 7.22. The van der Waals surface area contributed by atoms with Crippen LogP contribution in [0, 0.1) is 0 Å². The first kappa shape index (κ1) is 15.5. The Morgan fingerprint density at radius 3 is 2.61 bits per heavy atom. The van der Waals surface area contributed by atoms with E-state index in [2.05, 4.69) is 4.98 Å². The molecular formula is C19H20N2O2. The van der Waals surface area contributed by atoms with Crippen LogP contribution in [0.25, 0.3) is 10.9 Å². The van der Waals surface area contributed by atoms with Gasteiger partial charge in [0.25, 0.3) is 0 Å². The predicted octanol–water partition coefficient (Wildman–Crippen LogP) is 3.28. The number of aliphatic hydroxyl groups is 1. The highest BCUT2D eigenvalue weighted by atomic mass is 16.5. The van der Waals surface area contributed by atoms with Gasteiger partial charge in [-0.15, -0.1) is 0 Å². The first-order valence-corrected chi connectivity index (χ1v) is 7.73. The number of nitrogens with zero attached hydrogens (tertiary/aromatic N) is 1. The lowest BCUT2D eigenvalue weighted by molar-refractivity contribution is 0.260. The number of hydrogen-bond acceptors (Lipinski definition) is 4. The Morgan fingerprint density at radius 2 is 1.83 bits per heavy atom. The first-order chi connectivity index (χ1) is 11.3. The summed E-state index contributed by atoms with van der Waals surface area (Å²) in [7, 11) is 0. The monoisotopic (exact) mass is 308 g/mol. The molecule has 0 spiro atoms. The third kappa shape index (κ3) is 3.86. The molecule has 0 aliphatic heterocycles. The molecule has 0 bridgehead atoms. The molecule has 0 unspecified atom stereocenters. The summed E-state index contributed by atoms with van der Waals surface area (Å²) in [6, 6.07) is 17.6. The number of pyridine rings is 1. The summed E-state index contributed by atoms with van der Waals surface area (Å²) in [6.45, 7) is 0.0241. The molecule has 0 saturated carbocycles. The molecule has 3 rings (SSSR count). The number of rotatable bonds is 6. The second-order valence-electron chi connectivity index (χ2n) is 5.55. The van der Waals surface area contributed by atoms with Crippen molar-refractivity contribution in [2.45, 2.75) is 18.9 Å². The maximum atomic E-state index is 8.96. The minimum Gasteiger partial charge on any atom is -0.457 e. The van der Waals surface area contributed by atoms with Crippen molar-refractivity contribution in [1.29, 1.82) is 0 Å². The van der Waals surface area contributed by atoms with Gasteiger partial charge in [0, 0.05) is 17.6 Å². The van der Waals surface area contributed by atoms with Gasteiger partial charge in [0.15, 0.2) is 0 Å². The van der Waals surface area contributed by atoms with Crippen LogP contribution >= 0.6 is 0 Å². The highest BCUT2D eigenvalue weighted by molar-refractivity contribution is 5.84. The average molecular weight is 308 g/mol. The van der Waals surface area contributed by atoms with Crippen LogP contribution in [0.15, 0.2) is 60.8 Å². The largest absolute Gasteiger partial charge is 0.457 e. The lowest BCUT2D eigenvalue weighted by atomic mass is 10.1. The smallest absolute Gasteiger partial charge is 0.138 e. The Labute approximate surface area is 135 Å². The molecule has 0 aliphatic rings. The number of fused-ring (bicyclic) bond motifs is 1. The Morgan fingerprint density at radius 1 is 1.04 bits per heavy atom. The van der Waals surface area contributed by atoms with Gasteiger partial charge < -0.3 is 15.6 Å². The maximum absolute atomic E-state index is 8.96. The molecule has 23 heavy (non-hydrogen) atoms. The van der Waals surface area contributed by atoms with Crippen molar-refractivity contribution in [3.63, 3.8) is 0 Å². The predicted molar refractivity (Wildman–Crippen MR) is 91.6 cm³/mol. The van der Waals surface area contributed by atoms with Gasteiger partial charge in [-0.25, -0.2) is 0 Å². The Bertz CT molecular complexity index is 766. The summed E-state index contributed by atoms with van der Waals surface area (Å²) in [5.74, 6) is 1.59. The van der Waals surface area contributed by atoms with E-state index in [9.17, 15) is 0 Å². The van der Waals surface area contributed by atoms with Crippen molar-refractivity contribution in [2.24, 2.45) is 5.73 Å². The minimum absolute atomic E-state index is 0.0241. The summed E-state index contributed by atoms with van der Waals surface area (Å²) >= 11 is 0. The molecule has 1 heterocycles. The molecule has 118 valence electrons. The van der Waals surface area contributed by atoms with E-state index in [4.69, 9.17) is 15.6 Å².